The third-order valence-electron chi connectivity index (χ3n) is 1.76. The summed E-state index contributed by atoms with van der Waals surface area (Å²) in [6.45, 7) is 5.88. The van der Waals surface area contributed by atoms with Crippen LogP contribution in [0.25, 0.3) is 0 Å². The summed E-state index contributed by atoms with van der Waals surface area (Å²) in [4.78, 5) is 2.33. The Labute approximate surface area is 86.7 Å². The van der Waals surface area contributed by atoms with Gasteiger partial charge in [0.1, 0.15) is 0 Å². The molecule has 0 heterocycles. The van der Waals surface area contributed by atoms with Crippen molar-refractivity contribution in [1.82, 2.24) is 0 Å². The van der Waals surface area contributed by atoms with Gasteiger partial charge in [-0.05, 0) is 48.3 Å². The summed E-state index contributed by atoms with van der Waals surface area (Å²) in [5.74, 6) is 0. The Morgan fingerprint density at radius 2 is 1.67 bits per heavy atom. The first-order valence-corrected chi connectivity index (χ1v) is 5.35. The fourth-order valence-corrected chi connectivity index (χ4v) is 1.41. The Balaban J connectivity index is 3.30. The zero-order valence-electron chi connectivity index (χ0n) is 7.77. The van der Waals surface area contributed by atoms with Crippen LogP contribution in [0.3, 0.4) is 0 Å². The van der Waals surface area contributed by atoms with Gasteiger partial charge in [-0.1, -0.05) is 38.3 Å². The predicted octanol–water partition coefficient (Wildman–Crippen LogP) is 3.92. The molecule has 0 aromatic carbocycles. The zero-order chi connectivity index (χ0) is 9.40. The predicted molar refractivity (Wildman–Crippen MR) is 63.9 cm³/mol. The smallest absolute Gasteiger partial charge is 0.00714 e. The summed E-state index contributed by atoms with van der Waals surface area (Å²) in [7, 11) is 0. The molecule has 0 aromatic heterocycles. The number of hydrogen-bond donors (Lipinski definition) is 0. The summed E-state index contributed by atoms with van der Waals surface area (Å²) < 4.78 is 0. The SMILES string of the molecule is [CH2]CCC(=S)CCCC(=S)CC. The lowest BCUT2D eigenvalue weighted by Gasteiger charge is -2.01. The molecule has 0 bridgehead atoms. The lowest BCUT2D eigenvalue weighted by molar-refractivity contribution is 0.903. The Bertz CT molecular complexity index is 150. The standard InChI is InChI=1S/C10H17S2/c1-3-6-10(12)8-5-7-9(11)4-2/h1,3-8H2,2H3. The fraction of sp³-hybridized carbons (Fsp3) is 0.700. The molecule has 0 aliphatic heterocycles. The van der Waals surface area contributed by atoms with E-state index in [1.807, 2.05) is 0 Å². The molecular formula is C10H17S2. The lowest BCUT2D eigenvalue weighted by atomic mass is 10.1. The van der Waals surface area contributed by atoms with E-state index in [0.29, 0.717) is 0 Å². The van der Waals surface area contributed by atoms with Gasteiger partial charge >= 0.3 is 0 Å². The highest BCUT2D eigenvalue weighted by molar-refractivity contribution is 7.80. The van der Waals surface area contributed by atoms with Crippen molar-refractivity contribution in [3.63, 3.8) is 0 Å². The molecule has 0 nitrogen and oxygen atoms in total. The normalized spacial score (nSPS) is 9.83. The first-order chi connectivity index (χ1) is 5.70. The second kappa shape index (κ2) is 7.81. The summed E-state index contributed by atoms with van der Waals surface area (Å²) in [5.41, 5.74) is 0. The highest BCUT2D eigenvalue weighted by Gasteiger charge is 1.97. The third kappa shape index (κ3) is 6.86. The van der Waals surface area contributed by atoms with Crippen molar-refractivity contribution in [1.29, 1.82) is 0 Å². The van der Waals surface area contributed by atoms with Gasteiger partial charge in [-0.3, -0.25) is 0 Å². The maximum Gasteiger partial charge on any atom is -0.00714 e. The Kier molecular flexibility index (Phi) is 7.93. The van der Waals surface area contributed by atoms with Crippen molar-refractivity contribution in [2.24, 2.45) is 0 Å². The van der Waals surface area contributed by atoms with Gasteiger partial charge in [0, 0.05) is 0 Å². The van der Waals surface area contributed by atoms with Crippen molar-refractivity contribution in [2.75, 3.05) is 0 Å². The van der Waals surface area contributed by atoms with E-state index in [0.717, 1.165) is 43.4 Å². The molecule has 1 radical (unpaired) electrons. The van der Waals surface area contributed by atoms with E-state index in [4.69, 9.17) is 24.4 Å². The van der Waals surface area contributed by atoms with Crippen molar-refractivity contribution in [3.8, 4) is 0 Å². The van der Waals surface area contributed by atoms with Crippen molar-refractivity contribution in [3.05, 3.63) is 6.92 Å². The molecule has 0 saturated heterocycles. The summed E-state index contributed by atoms with van der Waals surface area (Å²) >= 11 is 10.3. The van der Waals surface area contributed by atoms with Gasteiger partial charge in [0.15, 0.2) is 0 Å². The molecule has 2 heteroatoms. The molecule has 0 aromatic rings. The van der Waals surface area contributed by atoms with Crippen LogP contribution in [-0.2, 0) is 0 Å². The largest absolute Gasteiger partial charge is 0.0897 e. The monoisotopic (exact) mass is 201 g/mol. The van der Waals surface area contributed by atoms with E-state index in [2.05, 4.69) is 13.8 Å². The van der Waals surface area contributed by atoms with Crippen LogP contribution in [0.2, 0.25) is 0 Å². The fourth-order valence-electron chi connectivity index (χ4n) is 0.982. The zero-order valence-corrected chi connectivity index (χ0v) is 9.40. The van der Waals surface area contributed by atoms with E-state index in [1.165, 1.54) is 4.86 Å². The summed E-state index contributed by atoms with van der Waals surface area (Å²) in [5, 5.41) is 0. The van der Waals surface area contributed by atoms with E-state index in [1.54, 1.807) is 0 Å². The molecule has 0 fully saturated rings. The van der Waals surface area contributed by atoms with Gasteiger partial charge < -0.3 is 0 Å². The minimum Gasteiger partial charge on any atom is -0.0897 e. The topological polar surface area (TPSA) is 0 Å². The molecule has 69 valence electrons. The van der Waals surface area contributed by atoms with E-state index in [9.17, 15) is 0 Å². The van der Waals surface area contributed by atoms with Crippen LogP contribution in [0.4, 0.5) is 0 Å². The second-order valence-corrected chi connectivity index (χ2v) is 4.04. The van der Waals surface area contributed by atoms with Crippen LogP contribution in [0.5, 0.6) is 0 Å². The molecule has 0 saturated carbocycles. The Morgan fingerprint density at radius 1 is 1.08 bits per heavy atom. The van der Waals surface area contributed by atoms with Crippen LogP contribution in [0, 0.1) is 6.92 Å². The molecule has 0 aliphatic rings. The first kappa shape index (κ1) is 12.2. The van der Waals surface area contributed by atoms with Crippen LogP contribution < -0.4 is 0 Å². The third-order valence-corrected chi connectivity index (χ3v) is 2.66. The van der Waals surface area contributed by atoms with E-state index in [-0.39, 0.29) is 0 Å². The number of rotatable bonds is 7. The number of hydrogen-bond acceptors (Lipinski definition) is 2. The molecule has 0 spiro atoms. The van der Waals surface area contributed by atoms with Crippen molar-refractivity contribution < 1.29 is 0 Å². The molecule has 0 unspecified atom stereocenters. The van der Waals surface area contributed by atoms with Crippen molar-refractivity contribution >= 4 is 34.2 Å². The van der Waals surface area contributed by atoms with Crippen molar-refractivity contribution in [2.45, 2.75) is 45.4 Å². The lowest BCUT2D eigenvalue weighted by Crippen LogP contribution is -1.97. The average molecular weight is 201 g/mol. The Hall–Kier alpha value is 0.180. The van der Waals surface area contributed by atoms with E-state index >= 15 is 0 Å². The van der Waals surface area contributed by atoms with E-state index < -0.39 is 0 Å². The van der Waals surface area contributed by atoms with Gasteiger partial charge in [-0.25, -0.2) is 0 Å². The highest BCUT2D eigenvalue weighted by atomic mass is 32.1. The maximum absolute atomic E-state index is 5.16. The molecule has 0 N–H and O–H groups in total. The average Bonchev–Trinajstić information content (AvgIpc) is 2.04. The summed E-state index contributed by atoms with van der Waals surface area (Å²) in [6.07, 6.45) is 6.18. The van der Waals surface area contributed by atoms with Crippen LogP contribution in [0.15, 0.2) is 0 Å². The molecule has 12 heavy (non-hydrogen) atoms. The highest BCUT2D eigenvalue weighted by Crippen LogP contribution is 2.05. The molecule has 0 amide bonds. The minimum absolute atomic E-state index is 0.928. The quantitative estimate of drug-likeness (QED) is 0.573. The van der Waals surface area contributed by atoms with Gasteiger partial charge in [0.25, 0.3) is 0 Å². The minimum atomic E-state index is 0.928. The first-order valence-electron chi connectivity index (χ1n) is 4.53. The molecule has 0 atom stereocenters. The second-order valence-electron chi connectivity index (χ2n) is 2.89. The summed E-state index contributed by atoms with van der Waals surface area (Å²) in [6, 6.07) is 0. The van der Waals surface area contributed by atoms with Crippen LogP contribution in [-0.4, -0.2) is 9.73 Å². The van der Waals surface area contributed by atoms with Gasteiger partial charge in [-0.15, -0.1) is 0 Å². The Morgan fingerprint density at radius 3 is 2.17 bits per heavy atom. The van der Waals surface area contributed by atoms with Crippen LogP contribution in [0.1, 0.15) is 45.4 Å². The molecule has 0 aliphatic carbocycles. The van der Waals surface area contributed by atoms with Gasteiger partial charge in [-0.2, -0.15) is 0 Å². The van der Waals surface area contributed by atoms with Crippen LogP contribution >= 0.6 is 24.4 Å². The number of thiocarbonyl (C=S) groups is 2. The van der Waals surface area contributed by atoms with Gasteiger partial charge in [0.05, 0.1) is 0 Å². The molecule has 0 rings (SSSR count). The maximum atomic E-state index is 5.16. The van der Waals surface area contributed by atoms with Gasteiger partial charge in [0.2, 0.25) is 0 Å². The molecular weight excluding hydrogens is 184 g/mol.